The van der Waals surface area contributed by atoms with Gasteiger partial charge in [-0.1, -0.05) is 50.5 Å². The molecule has 1 unspecified atom stereocenters. The Bertz CT molecular complexity index is 1520. The van der Waals surface area contributed by atoms with Crippen molar-refractivity contribution in [1.82, 2.24) is 4.90 Å². The highest BCUT2D eigenvalue weighted by atomic mass is 19.1. The predicted molar refractivity (Wildman–Crippen MR) is 146 cm³/mol. The normalized spacial score (nSPS) is 14.8. The molecule has 0 aliphatic carbocycles. The molecule has 0 fully saturated rings. The number of carbonyl (C=O) groups is 1. The van der Waals surface area contributed by atoms with Crippen LogP contribution in [0, 0.1) is 19.7 Å². The number of hydrogen-bond donors (Lipinski definition) is 0. The van der Waals surface area contributed by atoms with E-state index in [1.165, 1.54) is 25.0 Å². The zero-order valence-electron chi connectivity index (χ0n) is 22.1. The molecule has 38 heavy (non-hydrogen) atoms. The van der Waals surface area contributed by atoms with E-state index in [1.807, 2.05) is 50.2 Å². The first-order valence-corrected chi connectivity index (χ1v) is 13.2. The number of nitrogens with zero attached hydrogens (tertiary/aromatic N) is 1. The Kier molecular flexibility index (Phi) is 7.32. The molecule has 1 amide bonds. The molecule has 5 nitrogen and oxygen atoms in total. The summed E-state index contributed by atoms with van der Waals surface area (Å²) in [6.45, 7) is 6.93. The number of ether oxygens (including phenoxy) is 1. The molecule has 2 heterocycles. The molecule has 0 saturated heterocycles. The van der Waals surface area contributed by atoms with E-state index in [0.29, 0.717) is 23.1 Å². The summed E-state index contributed by atoms with van der Waals surface area (Å²) in [6, 6.07) is 16.6. The first kappa shape index (κ1) is 25.7. The molecule has 1 aliphatic rings. The first-order valence-electron chi connectivity index (χ1n) is 13.2. The van der Waals surface area contributed by atoms with Crippen molar-refractivity contribution in [2.75, 3.05) is 6.61 Å². The number of unbranched alkanes of at least 4 members (excludes halogenated alkanes) is 3. The summed E-state index contributed by atoms with van der Waals surface area (Å²) in [5.74, 6) is 0.105. The Morgan fingerprint density at radius 3 is 2.34 bits per heavy atom. The monoisotopic (exact) mass is 513 g/mol. The highest BCUT2D eigenvalue weighted by Gasteiger charge is 2.42. The van der Waals surface area contributed by atoms with E-state index in [2.05, 4.69) is 6.92 Å². The number of carbonyl (C=O) groups excluding carboxylic acids is 1. The topological polar surface area (TPSA) is 59.8 Å². The molecule has 196 valence electrons. The number of halogens is 1. The van der Waals surface area contributed by atoms with Gasteiger partial charge in [-0.05, 0) is 78.9 Å². The third kappa shape index (κ3) is 4.95. The van der Waals surface area contributed by atoms with Crippen molar-refractivity contribution in [3.8, 4) is 5.75 Å². The minimum absolute atomic E-state index is 0.0640. The largest absolute Gasteiger partial charge is 0.494 e. The summed E-state index contributed by atoms with van der Waals surface area (Å²) in [6.07, 6.45) is 4.50. The van der Waals surface area contributed by atoms with Crippen molar-refractivity contribution < 1.29 is 18.3 Å². The van der Waals surface area contributed by atoms with E-state index >= 15 is 0 Å². The van der Waals surface area contributed by atoms with E-state index in [9.17, 15) is 14.0 Å². The van der Waals surface area contributed by atoms with E-state index in [-0.39, 0.29) is 29.5 Å². The smallest absolute Gasteiger partial charge is 0.291 e. The number of aryl methyl sites for hydroxylation is 2. The average molecular weight is 514 g/mol. The number of benzene rings is 3. The Labute approximate surface area is 221 Å². The minimum atomic E-state index is -0.636. The van der Waals surface area contributed by atoms with Gasteiger partial charge in [0.05, 0.1) is 23.6 Å². The standard InChI is InChI=1S/C32H32FNO4/c1-4-5-6-7-16-37-25-14-10-23(11-15-25)29-28-30(35)26-17-20(2)21(3)18-27(26)38-31(28)32(36)34(29)19-22-8-12-24(33)13-9-22/h8-15,17-18,29H,4-7,16,19H2,1-3H3. The van der Waals surface area contributed by atoms with E-state index in [0.717, 1.165) is 40.8 Å². The highest BCUT2D eigenvalue weighted by Crippen LogP contribution is 2.40. The summed E-state index contributed by atoms with van der Waals surface area (Å²) in [7, 11) is 0. The summed E-state index contributed by atoms with van der Waals surface area (Å²) < 4.78 is 25.6. The molecule has 0 N–H and O–H groups in total. The van der Waals surface area contributed by atoms with Gasteiger partial charge in [0.1, 0.15) is 17.1 Å². The zero-order valence-corrected chi connectivity index (χ0v) is 22.1. The number of hydrogen-bond acceptors (Lipinski definition) is 4. The Hall–Kier alpha value is -3.93. The van der Waals surface area contributed by atoms with Crippen molar-refractivity contribution in [2.24, 2.45) is 0 Å². The van der Waals surface area contributed by atoms with Crippen LogP contribution < -0.4 is 10.2 Å². The van der Waals surface area contributed by atoms with E-state index in [1.54, 1.807) is 17.0 Å². The molecule has 5 rings (SSSR count). The molecule has 0 spiro atoms. The van der Waals surface area contributed by atoms with Crippen molar-refractivity contribution in [1.29, 1.82) is 0 Å². The number of fused-ring (bicyclic) bond motifs is 2. The van der Waals surface area contributed by atoms with Crippen LogP contribution in [-0.4, -0.2) is 17.4 Å². The molecule has 0 bridgehead atoms. The lowest BCUT2D eigenvalue weighted by atomic mass is 9.97. The van der Waals surface area contributed by atoms with Gasteiger partial charge < -0.3 is 14.1 Å². The van der Waals surface area contributed by atoms with Crippen LogP contribution in [0.25, 0.3) is 11.0 Å². The minimum Gasteiger partial charge on any atom is -0.494 e. The number of amides is 1. The molecule has 1 aromatic heterocycles. The molecule has 1 aliphatic heterocycles. The summed E-state index contributed by atoms with van der Waals surface area (Å²) in [5.41, 5.74) is 4.03. The van der Waals surface area contributed by atoms with E-state index < -0.39 is 6.04 Å². The summed E-state index contributed by atoms with van der Waals surface area (Å²) in [4.78, 5) is 29.2. The summed E-state index contributed by atoms with van der Waals surface area (Å²) >= 11 is 0. The lowest BCUT2D eigenvalue weighted by Gasteiger charge is -2.25. The predicted octanol–water partition coefficient (Wildman–Crippen LogP) is 7.25. The van der Waals surface area contributed by atoms with Gasteiger partial charge in [0.25, 0.3) is 5.91 Å². The van der Waals surface area contributed by atoms with Crippen LogP contribution in [0.3, 0.4) is 0 Å². The number of rotatable bonds is 9. The van der Waals surface area contributed by atoms with Crippen LogP contribution in [0.5, 0.6) is 5.75 Å². The van der Waals surface area contributed by atoms with Crippen LogP contribution in [-0.2, 0) is 6.54 Å². The fraction of sp³-hybridized carbons (Fsp3) is 0.312. The average Bonchev–Trinajstić information content (AvgIpc) is 3.18. The second-order valence-corrected chi connectivity index (χ2v) is 10.0. The maximum atomic E-state index is 13.8. The SMILES string of the molecule is CCCCCCOc1ccc(C2c3c(oc4cc(C)c(C)cc4c3=O)C(=O)N2Cc2ccc(F)cc2)cc1. The van der Waals surface area contributed by atoms with Crippen LogP contribution in [0.1, 0.15) is 77.0 Å². The fourth-order valence-corrected chi connectivity index (χ4v) is 5.04. The zero-order chi connectivity index (χ0) is 26.8. The third-order valence-electron chi connectivity index (χ3n) is 7.31. The second kappa shape index (κ2) is 10.8. The lowest BCUT2D eigenvalue weighted by molar-refractivity contribution is 0.0714. The van der Waals surface area contributed by atoms with Gasteiger partial charge >= 0.3 is 0 Å². The van der Waals surface area contributed by atoms with Crippen molar-refractivity contribution in [3.05, 3.63) is 110 Å². The maximum absolute atomic E-state index is 13.8. The Balaban J connectivity index is 1.54. The van der Waals surface area contributed by atoms with Gasteiger partial charge in [-0.25, -0.2) is 4.39 Å². The van der Waals surface area contributed by atoms with Gasteiger partial charge in [-0.3, -0.25) is 9.59 Å². The van der Waals surface area contributed by atoms with Gasteiger partial charge in [-0.15, -0.1) is 0 Å². The molecule has 1 atom stereocenters. The van der Waals surface area contributed by atoms with Gasteiger partial charge in [0.15, 0.2) is 5.43 Å². The van der Waals surface area contributed by atoms with Crippen LogP contribution in [0.2, 0.25) is 0 Å². The molecule has 4 aromatic rings. The van der Waals surface area contributed by atoms with E-state index in [4.69, 9.17) is 9.15 Å². The Morgan fingerprint density at radius 2 is 1.63 bits per heavy atom. The molecular formula is C32H32FNO4. The lowest BCUT2D eigenvalue weighted by Crippen LogP contribution is -2.29. The van der Waals surface area contributed by atoms with Crippen LogP contribution >= 0.6 is 0 Å². The Morgan fingerprint density at radius 1 is 0.921 bits per heavy atom. The molecule has 0 radical (unpaired) electrons. The molecule has 6 heteroatoms. The summed E-state index contributed by atoms with van der Waals surface area (Å²) in [5, 5.41) is 0.459. The molecule has 0 saturated carbocycles. The third-order valence-corrected chi connectivity index (χ3v) is 7.31. The quantitative estimate of drug-likeness (QED) is 0.221. The van der Waals surface area contributed by atoms with Crippen LogP contribution in [0.15, 0.2) is 69.9 Å². The van der Waals surface area contributed by atoms with Crippen LogP contribution in [0.4, 0.5) is 4.39 Å². The van der Waals surface area contributed by atoms with Crippen molar-refractivity contribution >= 4 is 16.9 Å². The highest BCUT2D eigenvalue weighted by molar-refractivity contribution is 5.99. The molecule has 3 aromatic carbocycles. The van der Waals surface area contributed by atoms with Gasteiger partial charge in [-0.2, -0.15) is 0 Å². The van der Waals surface area contributed by atoms with Crippen molar-refractivity contribution in [2.45, 2.75) is 59.0 Å². The fourth-order valence-electron chi connectivity index (χ4n) is 5.04. The van der Waals surface area contributed by atoms with Gasteiger partial charge in [0.2, 0.25) is 5.76 Å². The van der Waals surface area contributed by atoms with Gasteiger partial charge in [0, 0.05) is 6.54 Å². The molecular weight excluding hydrogens is 481 g/mol. The van der Waals surface area contributed by atoms with Crippen molar-refractivity contribution in [3.63, 3.8) is 0 Å². The first-order chi connectivity index (χ1) is 18.4. The second-order valence-electron chi connectivity index (χ2n) is 10.0. The maximum Gasteiger partial charge on any atom is 0.291 e.